The fraction of sp³-hybridized carbons (Fsp3) is 0.875. The Labute approximate surface area is 76.7 Å². The van der Waals surface area contributed by atoms with Crippen molar-refractivity contribution in [3.63, 3.8) is 0 Å². The number of hydrogen-bond donors (Lipinski definition) is 1. The zero-order valence-corrected chi connectivity index (χ0v) is 9.64. The molecule has 0 aromatic carbocycles. The molecule has 3 nitrogen and oxygen atoms in total. The summed E-state index contributed by atoms with van der Waals surface area (Å²) in [5, 5.41) is 2.67. The molecule has 0 saturated heterocycles. The lowest BCUT2D eigenvalue weighted by Crippen LogP contribution is -2.24. The first-order valence-electron chi connectivity index (χ1n) is 4.48. The minimum absolute atomic E-state index is 0.103. The van der Waals surface area contributed by atoms with Crippen LogP contribution in [0, 0.1) is 0 Å². The van der Waals surface area contributed by atoms with Gasteiger partial charge in [-0.25, -0.2) is 4.79 Å². The smallest absolute Gasteiger partial charge is 0.406 e. The highest BCUT2D eigenvalue weighted by molar-refractivity contribution is 6.37. The number of rotatable bonds is 5. The van der Waals surface area contributed by atoms with Gasteiger partial charge in [0.15, 0.2) is 0 Å². The largest absolute Gasteiger partial charge is 0.453 e. The van der Waals surface area contributed by atoms with E-state index in [-0.39, 0.29) is 15.6 Å². The van der Waals surface area contributed by atoms with Crippen molar-refractivity contribution in [1.29, 1.82) is 0 Å². The molecular formula is C8H19NO2Si. The number of carbonyl (C=O) groups is 1. The fourth-order valence-electron chi connectivity index (χ4n) is 0.940. The van der Waals surface area contributed by atoms with Crippen molar-refractivity contribution in [3.8, 4) is 0 Å². The maximum Gasteiger partial charge on any atom is 0.406 e. The minimum Gasteiger partial charge on any atom is -0.453 e. The van der Waals surface area contributed by atoms with Crippen LogP contribution in [0.3, 0.4) is 0 Å². The third-order valence-electron chi connectivity index (χ3n) is 1.66. The van der Waals surface area contributed by atoms with E-state index in [1.807, 2.05) is 0 Å². The minimum atomic E-state index is -0.318. The topological polar surface area (TPSA) is 38.3 Å². The van der Waals surface area contributed by atoms with E-state index in [4.69, 9.17) is 0 Å². The molecule has 0 atom stereocenters. The van der Waals surface area contributed by atoms with Crippen molar-refractivity contribution in [2.45, 2.75) is 31.9 Å². The lowest BCUT2D eigenvalue weighted by Gasteiger charge is -2.04. The molecule has 0 bridgehead atoms. The Morgan fingerprint density at radius 2 is 2.25 bits per heavy atom. The summed E-state index contributed by atoms with van der Waals surface area (Å²) in [6.07, 6.45) is 0.778. The molecule has 0 radical (unpaired) electrons. The van der Waals surface area contributed by atoms with Gasteiger partial charge in [0.1, 0.15) is 0 Å². The maximum absolute atomic E-state index is 10.6. The van der Waals surface area contributed by atoms with E-state index in [1.165, 1.54) is 13.2 Å². The third kappa shape index (κ3) is 7.59. The average molecular weight is 189 g/mol. The first kappa shape index (κ1) is 11.5. The first-order valence-corrected chi connectivity index (χ1v) is 6.30. The molecule has 0 aliphatic carbocycles. The molecule has 0 aromatic heterocycles. The monoisotopic (exact) mass is 189 g/mol. The lowest BCUT2D eigenvalue weighted by atomic mass is 10.5. The van der Waals surface area contributed by atoms with Crippen LogP contribution >= 0.6 is 0 Å². The van der Waals surface area contributed by atoms with Crippen LogP contribution in [0.15, 0.2) is 0 Å². The van der Waals surface area contributed by atoms with Crippen LogP contribution in [-0.4, -0.2) is 29.3 Å². The van der Waals surface area contributed by atoms with Crippen LogP contribution in [0.1, 0.15) is 20.3 Å². The SMILES string of the molecule is COC(=O)NCCC[SiH2]C(C)C. The molecule has 12 heavy (non-hydrogen) atoms. The second-order valence-corrected chi connectivity index (χ2v) is 6.23. The summed E-state index contributed by atoms with van der Waals surface area (Å²) in [6, 6.07) is 1.31. The number of hydrogen-bond acceptors (Lipinski definition) is 2. The van der Waals surface area contributed by atoms with E-state index >= 15 is 0 Å². The van der Waals surface area contributed by atoms with Crippen LogP contribution in [0.25, 0.3) is 0 Å². The average Bonchev–Trinajstić information content (AvgIpc) is 2.03. The molecular weight excluding hydrogens is 170 g/mol. The predicted octanol–water partition coefficient (Wildman–Crippen LogP) is 1.15. The highest BCUT2D eigenvalue weighted by atomic mass is 28.2. The molecule has 0 rings (SSSR count). The van der Waals surface area contributed by atoms with Crippen molar-refractivity contribution in [2.75, 3.05) is 13.7 Å². The van der Waals surface area contributed by atoms with Gasteiger partial charge in [-0.05, 0) is 6.42 Å². The molecule has 4 heteroatoms. The molecule has 0 aliphatic rings. The molecule has 0 fully saturated rings. The molecule has 0 heterocycles. The Morgan fingerprint density at radius 1 is 1.58 bits per heavy atom. The normalized spacial score (nSPS) is 11.0. The number of carbonyl (C=O) groups excluding carboxylic acids is 1. The molecule has 0 unspecified atom stereocenters. The van der Waals surface area contributed by atoms with Gasteiger partial charge in [-0.3, -0.25) is 0 Å². The van der Waals surface area contributed by atoms with Gasteiger partial charge in [-0.2, -0.15) is 0 Å². The van der Waals surface area contributed by atoms with Gasteiger partial charge in [0.2, 0.25) is 0 Å². The highest BCUT2D eigenvalue weighted by Crippen LogP contribution is 2.01. The Balaban J connectivity index is 3.05. The second-order valence-electron chi connectivity index (χ2n) is 3.31. The summed E-state index contributed by atoms with van der Waals surface area (Å²) in [6.45, 7) is 5.28. The number of methoxy groups -OCH3 is 1. The van der Waals surface area contributed by atoms with E-state index in [2.05, 4.69) is 23.9 Å². The standard InChI is InChI=1S/C8H19NO2Si/c1-7(2)12-6-4-5-9-8(10)11-3/h7H,4-6,12H2,1-3H3,(H,9,10). The lowest BCUT2D eigenvalue weighted by molar-refractivity contribution is 0.171. The first-order chi connectivity index (χ1) is 5.66. The summed E-state index contributed by atoms with van der Waals surface area (Å²) in [4.78, 5) is 10.6. The van der Waals surface area contributed by atoms with E-state index < -0.39 is 0 Å². The second kappa shape index (κ2) is 7.15. The van der Waals surface area contributed by atoms with Gasteiger partial charge in [-0.15, -0.1) is 0 Å². The van der Waals surface area contributed by atoms with E-state index in [0.29, 0.717) is 0 Å². The Kier molecular flexibility index (Phi) is 6.85. The maximum atomic E-state index is 10.6. The van der Waals surface area contributed by atoms with Crippen LogP contribution in [-0.2, 0) is 4.74 Å². The number of alkyl carbamates (subject to hydrolysis) is 1. The summed E-state index contributed by atoms with van der Waals surface area (Å²) in [7, 11) is 1.49. The third-order valence-corrected chi connectivity index (χ3v) is 3.73. The summed E-state index contributed by atoms with van der Waals surface area (Å²) in [5.74, 6) is 0. The zero-order chi connectivity index (χ0) is 9.40. The fourth-order valence-corrected chi connectivity index (χ4v) is 2.30. The van der Waals surface area contributed by atoms with Crippen molar-refractivity contribution in [1.82, 2.24) is 5.32 Å². The Bertz CT molecular complexity index is 128. The van der Waals surface area contributed by atoms with Gasteiger partial charge < -0.3 is 10.1 Å². The highest BCUT2D eigenvalue weighted by Gasteiger charge is 1.97. The summed E-state index contributed by atoms with van der Waals surface area (Å²) < 4.78 is 4.44. The molecule has 0 spiro atoms. The van der Waals surface area contributed by atoms with Crippen molar-refractivity contribution in [2.24, 2.45) is 0 Å². The van der Waals surface area contributed by atoms with Gasteiger partial charge >= 0.3 is 6.09 Å². The van der Waals surface area contributed by atoms with Crippen molar-refractivity contribution >= 4 is 15.6 Å². The molecule has 0 aromatic rings. The predicted molar refractivity (Wildman–Crippen MR) is 53.5 cm³/mol. The van der Waals surface area contributed by atoms with Crippen LogP contribution in [0.4, 0.5) is 4.79 Å². The van der Waals surface area contributed by atoms with E-state index in [9.17, 15) is 4.79 Å². The Hall–Kier alpha value is -0.513. The van der Waals surface area contributed by atoms with Crippen LogP contribution in [0.5, 0.6) is 0 Å². The van der Waals surface area contributed by atoms with Crippen molar-refractivity contribution < 1.29 is 9.53 Å². The molecule has 72 valence electrons. The Morgan fingerprint density at radius 3 is 2.75 bits per heavy atom. The van der Waals surface area contributed by atoms with Crippen molar-refractivity contribution in [3.05, 3.63) is 0 Å². The molecule has 1 N–H and O–H groups in total. The van der Waals surface area contributed by atoms with Crippen LogP contribution < -0.4 is 5.32 Å². The van der Waals surface area contributed by atoms with Crippen LogP contribution in [0.2, 0.25) is 11.6 Å². The quantitative estimate of drug-likeness (QED) is 0.520. The molecule has 0 saturated carbocycles. The van der Waals surface area contributed by atoms with E-state index in [1.54, 1.807) is 0 Å². The van der Waals surface area contributed by atoms with Gasteiger partial charge in [-0.1, -0.05) is 25.4 Å². The van der Waals surface area contributed by atoms with Gasteiger partial charge in [0, 0.05) is 16.1 Å². The number of nitrogens with one attached hydrogen (secondary N) is 1. The zero-order valence-electron chi connectivity index (χ0n) is 8.22. The number of ether oxygens (including phenoxy) is 1. The summed E-state index contributed by atoms with van der Waals surface area (Å²) >= 11 is 0. The van der Waals surface area contributed by atoms with E-state index in [0.717, 1.165) is 18.5 Å². The van der Waals surface area contributed by atoms with Gasteiger partial charge in [0.25, 0.3) is 0 Å². The molecule has 0 aliphatic heterocycles. The number of amides is 1. The summed E-state index contributed by atoms with van der Waals surface area (Å²) in [5.41, 5.74) is 0.892. The van der Waals surface area contributed by atoms with Gasteiger partial charge in [0.05, 0.1) is 7.11 Å². The molecule has 1 amide bonds.